The topological polar surface area (TPSA) is 64.1 Å². The summed E-state index contributed by atoms with van der Waals surface area (Å²) in [7, 11) is 0. The molecule has 0 aliphatic heterocycles. The molecule has 0 fully saturated rings. The number of aromatic nitrogens is 1. The van der Waals surface area contributed by atoms with Gasteiger partial charge in [0.15, 0.2) is 5.58 Å². The molecular formula is C10H10F3N3O. The third-order valence-corrected chi connectivity index (χ3v) is 2.10. The van der Waals surface area contributed by atoms with E-state index in [1.165, 1.54) is 0 Å². The second-order valence-electron chi connectivity index (χ2n) is 3.54. The third kappa shape index (κ3) is 3.02. The predicted molar refractivity (Wildman–Crippen MR) is 57.6 cm³/mol. The van der Waals surface area contributed by atoms with Gasteiger partial charge >= 0.3 is 6.18 Å². The molecule has 0 amide bonds. The molecule has 1 aromatic heterocycles. The first-order valence-corrected chi connectivity index (χ1v) is 4.91. The highest BCUT2D eigenvalue weighted by molar-refractivity contribution is 5.77. The zero-order valence-corrected chi connectivity index (χ0v) is 8.71. The van der Waals surface area contributed by atoms with Crippen LogP contribution in [-0.4, -0.2) is 17.7 Å². The van der Waals surface area contributed by atoms with Crippen molar-refractivity contribution >= 4 is 22.8 Å². The Morgan fingerprint density at radius 3 is 2.82 bits per heavy atom. The molecule has 0 bridgehead atoms. The Kier molecular flexibility index (Phi) is 2.83. The molecule has 17 heavy (non-hydrogen) atoms. The molecule has 4 nitrogen and oxygen atoms in total. The Morgan fingerprint density at radius 1 is 1.35 bits per heavy atom. The molecule has 0 saturated carbocycles. The Labute approximate surface area is 94.6 Å². The fraction of sp³-hybridized carbons (Fsp3) is 0.300. The van der Waals surface area contributed by atoms with Gasteiger partial charge in [-0.1, -0.05) is 0 Å². The fourth-order valence-electron chi connectivity index (χ4n) is 1.33. The number of nitrogens with one attached hydrogen (secondary N) is 1. The lowest BCUT2D eigenvalue weighted by Gasteiger charge is -2.05. The Bertz CT molecular complexity index is 521. The summed E-state index contributed by atoms with van der Waals surface area (Å²) in [5.41, 5.74) is 7.04. The van der Waals surface area contributed by atoms with E-state index in [4.69, 9.17) is 10.2 Å². The second kappa shape index (κ2) is 4.15. The highest BCUT2D eigenvalue weighted by atomic mass is 19.4. The molecule has 7 heteroatoms. The minimum absolute atomic E-state index is 0.0647. The van der Waals surface area contributed by atoms with Gasteiger partial charge in [0.2, 0.25) is 0 Å². The van der Waals surface area contributed by atoms with Crippen LogP contribution in [0.5, 0.6) is 0 Å². The molecule has 0 radical (unpaired) electrons. The van der Waals surface area contributed by atoms with Crippen molar-refractivity contribution in [1.29, 1.82) is 0 Å². The molecule has 1 aromatic carbocycles. The van der Waals surface area contributed by atoms with Gasteiger partial charge in [0.1, 0.15) is 5.52 Å². The van der Waals surface area contributed by atoms with Gasteiger partial charge in [-0.2, -0.15) is 18.2 Å². The van der Waals surface area contributed by atoms with E-state index in [1.807, 2.05) is 0 Å². The number of nitrogen functional groups attached to an aromatic ring is 1. The average molecular weight is 245 g/mol. The molecule has 1 heterocycles. The zero-order chi connectivity index (χ0) is 12.5. The van der Waals surface area contributed by atoms with Crippen molar-refractivity contribution in [2.24, 2.45) is 0 Å². The maximum Gasteiger partial charge on any atom is 0.390 e. The largest absolute Gasteiger partial charge is 0.423 e. The Morgan fingerprint density at radius 2 is 2.12 bits per heavy atom. The average Bonchev–Trinajstić information content (AvgIpc) is 2.57. The molecule has 92 valence electrons. The van der Waals surface area contributed by atoms with Gasteiger partial charge in [0, 0.05) is 18.3 Å². The van der Waals surface area contributed by atoms with Gasteiger partial charge in [0.25, 0.3) is 6.01 Å². The number of benzene rings is 1. The van der Waals surface area contributed by atoms with E-state index in [-0.39, 0.29) is 12.6 Å². The summed E-state index contributed by atoms with van der Waals surface area (Å²) < 4.78 is 40.9. The van der Waals surface area contributed by atoms with Crippen LogP contribution >= 0.6 is 0 Å². The van der Waals surface area contributed by atoms with Crippen LogP contribution < -0.4 is 11.1 Å². The van der Waals surface area contributed by atoms with Gasteiger partial charge in [-0.25, -0.2) is 0 Å². The number of alkyl halides is 3. The van der Waals surface area contributed by atoms with Gasteiger partial charge in [-0.05, 0) is 12.1 Å². The number of anilines is 2. The van der Waals surface area contributed by atoms with Crippen LogP contribution in [0.3, 0.4) is 0 Å². The van der Waals surface area contributed by atoms with Crippen molar-refractivity contribution in [3.8, 4) is 0 Å². The zero-order valence-electron chi connectivity index (χ0n) is 8.71. The van der Waals surface area contributed by atoms with Crippen LogP contribution in [0.4, 0.5) is 24.9 Å². The van der Waals surface area contributed by atoms with Crippen LogP contribution in [-0.2, 0) is 0 Å². The van der Waals surface area contributed by atoms with Gasteiger partial charge in [-0.15, -0.1) is 0 Å². The monoisotopic (exact) mass is 245 g/mol. The summed E-state index contributed by atoms with van der Waals surface area (Å²) in [6.45, 7) is -0.272. The first kappa shape index (κ1) is 11.6. The molecule has 3 N–H and O–H groups in total. The number of halogens is 3. The highest BCUT2D eigenvalue weighted by Gasteiger charge is 2.26. The normalized spacial score (nSPS) is 11.9. The molecular weight excluding hydrogens is 235 g/mol. The molecule has 0 atom stereocenters. The molecule has 0 aliphatic rings. The number of hydrogen-bond donors (Lipinski definition) is 2. The summed E-state index contributed by atoms with van der Waals surface area (Å²) in [6, 6.07) is 4.92. The molecule has 2 rings (SSSR count). The standard InChI is InChI=1S/C10H10F3N3O/c11-10(12,13)3-4-15-9-16-7-2-1-6(14)5-8(7)17-9/h1-2,5H,3-4,14H2,(H,15,16). The van der Waals surface area contributed by atoms with E-state index < -0.39 is 12.6 Å². The SMILES string of the molecule is Nc1ccc2nc(NCCC(F)(F)F)oc2c1. The number of nitrogens with zero attached hydrogens (tertiary/aromatic N) is 1. The van der Waals surface area contributed by atoms with Crippen LogP contribution in [0.25, 0.3) is 11.1 Å². The molecule has 0 spiro atoms. The first-order chi connectivity index (χ1) is 7.94. The molecule has 0 aliphatic carbocycles. The van der Waals surface area contributed by atoms with Gasteiger partial charge in [-0.3, -0.25) is 0 Å². The highest BCUT2D eigenvalue weighted by Crippen LogP contribution is 2.22. The van der Waals surface area contributed by atoms with Crippen LogP contribution in [0.2, 0.25) is 0 Å². The summed E-state index contributed by atoms with van der Waals surface area (Å²) in [6.07, 6.45) is -5.13. The number of hydrogen-bond acceptors (Lipinski definition) is 4. The van der Waals surface area contributed by atoms with Crippen molar-refractivity contribution in [2.75, 3.05) is 17.6 Å². The summed E-state index contributed by atoms with van der Waals surface area (Å²) in [4.78, 5) is 3.97. The first-order valence-electron chi connectivity index (χ1n) is 4.91. The minimum Gasteiger partial charge on any atom is -0.423 e. The fourth-order valence-corrected chi connectivity index (χ4v) is 1.33. The number of nitrogens with two attached hydrogens (primary N) is 1. The number of rotatable bonds is 3. The van der Waals surface area contributed by atoms with Gasteiger partial charge < -0.3 is 15.5 Å². The minimum atomic E-state index is -4.19. The number of oxazole rings is 1. The quantitative estimate of drug-likeness (QED) is 0.816. The van der Waals surface area contributed by atoms with E-state index in [0.29, 0.717) is 16.8 Å². The lowest BCUT2D eigenvalue weighted by atomic mass is 10.3. The predicted octanol–water partition coefficient (Wildman–Crippen LogP) is 2.77. The molecule has 0 unspecified atom stereocenters. The van der Waals surface area contributed by atoms with Crippen molar-refractivity contribution < 1.29 is 17.6 Å². The molecule has 2 aromatic rings. The summed E-state index contributed by atoms with van der Waals surface area (Å²) >= 11 is 0. The van der Waals surface area contributed by atoms with Crippen molar-refractivity contribution in [3.05, 3.63) is 18.2 Å². The Balaban J connectivity index is 2.05. The third-order valence-electron chi connectivity index (χ3n) is 2.10. The maximum atomic E-state index is 11.9. The number of fused-ring (bicyclic) bond motifs is 1. The van der Waals surface area contributed by atoms with Crippen LogP contribution in [0, 0.1) is 0 Å². The smallest absolute Gasteiger partial charge is 0.390 e. The Hall–Kier alpha value is -1.92. The van der Waals surface area contributed by atoms with Crippen molar-refractivity contribution in [1.82, 2.24) is 4.98 Å². The van der Waals surface area contributed by atoms with Crippen molar-refractivity contribution in [3.63, 3.8) is 0 Å². The van der Waals surface area contributed by atoms with E-state index in [9.17, 15) is 13.2 Å². The van der Waals surface area contributed by atoms with E-state index in [2.05, 4.69) is 10.3 Å². The van der Waals surface area contributed by atoms with Crippen molar-refractivity contribution in [2.45, 2.75) is 12.6 Å². The van der Waals surface area contributed by atoms with E-state index in [1.54, 1.807) is 18.2 Å². The van der Waals surface area contributed by atoms with Crippen LogP contribution in [0.15, 0.2) is 22.6 Å². The second-order valence-corrected chi connectivity index (χ2v) is 3.54. The lowest BCUT2D eigenvalue weighted by molar-refractivity contribution is -0.131. The molecule has 0 saturated heterocycles. The van der Waals surface area contributed by atoms with E-state index in [0.717, 1.165) is 0 Å². The van der Waals surface area contributed by atoms with E-state index >= 15 is 0 Å². The van der Waals surface area contributed by atoms with Gasteiger partial charge in [0.05, 0.1) is 6.42 Å². The maximum absolute atomic E-state index is 11.9. The van der Waals surface area contributed by atoms with Crippen LogP contribution in [0.1, 0.15) is 6.42 Å². The summed E-state index contributed by atoms with van der Waals surface area (Å²) in [5, 5.41) is 2.47. The summed E-state index contributed by atoms with van der Waals surface area (Å²) in [5.74, 6) is 0. The lowest BCUT2D eigenvalue weighted by Crippen LogP contribution is -2.14.